The summed E-state index contributed by atoms with van der Waals surface area (Å²) >= 11 is 13.9. The van der Waals surface area contributed by atoms with Crippen LogP contribution in [0.25, 0.3) is 0 Å². The molecule has 0 heterocycles. The first kappa shape index (κ1) is 13.6. The smallest absolute Gasteiger partial charge is 0.0875 e. The van der Waals surface area contributed by atoms with Gasteiger partial charge in [-0.25, -0.2) is 0 Å². The van der Waals surface area contributed by atoms with Gasteiger partial charge in [0, 0.05) is 3.57 Å². The van der Waals surface area contributed by atoms with E-state index in [0.717, 1.165) is 14.9 Å². The summed E-state index contributed by atoms with van der Waals surface area (Å²) in [6.45, 7) is 0. The summed E-state index contributed by atoms with van der Waals surface area (Å²) in [5.41, 5.74) is 4.30. The molecule has 2 aromatic rings. The number of nitrogens with zero attached hydrogens (tertiary/aromatic N) is 2. The number of hydrogen-bond acceptors (Lipinski definition) is 2. The fourth-order valence-electron chi connectivity index (χ4n) is 1.21. The largest absolute Gasteiger partial charge is 0.260 e. The topological polar surface area (TPSA) is 36.8 Å². The van der Waals surface area contributed by atoms with E-state index in [2.05, 4.69) is 38.4 Å². The molecule has 0 saturated heterocycles. The van der Waals surface area contributed by atoms with E-state index >= 15 is 0 Å². The highest BCUT2D eigenvalue weighted by Crippen LogP contribution is 2.25. The van der Waals surface area contributed by atoms with Crippen LogP contribution in [0.15, 0.2) is 52.8 Å². The minimum Gasteiger partial charge on any atom is -0.260 e. The lowest BCUT2D eigenvalue weighted by Crippen LogP contribution is -1.86. The molecule has 0 bridgehead atoms. The highest BCUT2D eigenvalue weighted by molar-refractivity contribution is 14.1. The molecule has 1 N–H and O–H groups in total. The van der Waals surface area contributed by atoms with Crippen molar-refractivity contribution < 1.29 is 0 Å². The molecular formula is C12H8Cl2IN3. The van der Waals surface area contributed by atoms with Crippen molar-refractivity contribution in [3.63, 3.8) is 0 Å². The van der Waals surface area contributed by atoms with Gasteiger partial charge >= 0.3 is 0 Å². The van der Waals surface area contributed by atoms with Gasteiger partial charge in [-0.3, -0.25) is 5.43 Å². The molecule has 0 aliphatic carbocycles. The summed E-state index contributed by atoms with van der Waals surface area (Å²) in [5.74, 6) is 0. The Morgan fingerprint density at radius 1 is 0.944 bits per heavy atom. The molecule has 0 amide bonds. The van der Waals surface area contributed by atoms with E-state index in [1.807, 2.05) is 24.3 Å². The van der Waals surface area contributed by atoms with Gasteiger partial charge in [0.15, 0.2) is 0 Å². The predicted octanol–water partition coefficient (Wildman–Crippen LogP) is 5.71. The average Bonchev–Trinajstić information content (AvgIpc) is 2.36. The Labute approximate surface area is 128 Å². The molecule has 0 radical (unpaired) electrons. The summed E-state index contributed by atoms with van der Waals surface area (Å²) in [5, 5.41) is 8.90. The highest BCUT2D eigenvalue weighted by Gasteiger charge is 1.98. The van der Waals surface area contributed by atoms with E-state index in [0.29, 0.717) is 10.0 Å². The van der Waals surface area contributed by atoms with E-state index in [1.165, 1.54) is 0 Å². The lowest BCUT2D eigenvalue weighted by atomic mass is 10.3. The maximum Gasteiger partial charge on any atom is 0.0875 e. The van der Waals surface area contributed by atoms with Gasteiger partial charge in [-0.05, 0) is 65.1 Å². The van der Waals surface area contributed by atoms with Gasteiger partial charge < -0.3 is 0 Å². The first-order valence-corrected chi connectivity index (χ1v) is 6.86. The fourth-order valence-corrected chi connectivity index (χ4v) is 1.87. The second kappa shape index (κ2) is 6.36. The molecule has 0 atom stereocenters. The number of benzene rings is 2. The van der Waals surface area contributed by atoms with Crippen molar-refractivity contribution in [2.75, 3.05) is 5.43 Å². The second-order valence-electron chi connectivity index (χ2n) is 3.42. The molecule has 18 heavy (non-hydrogen) atoms. The van der Waals surface area contributed by atoms with Crippen LogP contribution in [0.2, 0.25) is 10.0 Å². The van der Waals surface area contributed by atoms with Crippen LogP contribution in [-0.2, 0) is 0 Å². The first-order chi connectivity index (χ1) is 8.65. The number of hydrogen-bond donors (Lipinski definition) is 1. The lowest BCUT2D eigenvalue weighted by molar-refractivity contribution is 1.13. The lowest BCUT2D eigenvalue weighted by Gasteiger charge is -2.00. The summed E-state index contributed by atoms with van der Waals surface area (Å²) in [4.78, 5) is 0. The molecule has 0 unspecified atom stereocenters. The van der Waals surface area contributed by atoms with Crippen LogP contribution in [0, 0.1) is 3.57 Å². The van der Waals surface area contributed by atoms with Crippen molar-refractivity contribution in [2.24, 2.45) is 10.3 Å². The Kier molecular flexibility index (Phi) is 4.79. The van der Waals surface area contributed by atoms with Crippen LogP contribution < -0.4 is 5.43 Å². The molecule has 2 rings (SSSR count). The fraction of sp³-hybridized carbons (Fsp3) is 0. The number of anilines is 1. The van der Waals surface area contributed by atoms with Crippen molar-refractivity contribution >= 4 is 57.2 Å². The van der Waals surface area contributed by atoms with Crippen molar-refractivity contribution in [1.82, 2.24) is 0 Å². The number of nitrogens with one attached hydrogen (secondary N) is 1. The third kappa shape index (κ3) is 3.83. The van der Waals surface area contributed by atoms with Crippen molar-refractivity contribution in [1.29, 1.82) is 0 Å². The van der Waals surface area contributed by atoms with Crippen molar-refractivity contribution in [3.8, 4) is 0 Å². The molecule has 0 fully saturated rings. The number of halogens is 3. The SMILES string of the molecule is Clc1ccc(NN=Nc2ccc(I)cc2)cc1Cl. The van der Waals surface area contributed by atoms with Gasteiger partial charge in [0.1, 0.15) is 0 Å². The van der Waals surface area contributed by atoms with E-state index in [9.17, 15) is 0 Å². The first-order valence-electron chi connectivity index (χ1n) is 5.02. The zero-order chi connectivity index (χ0) is 13.0. The third-order valence-corrected chi connectivity index (χ3v) is 3.55. The zero-order valence-corrected chi connectivity index (χ0v) is 12.7. The van der Waals surface area contributed by atoms with Gasteiger partial charge in [-0.2, -0.15) is 0 Å². The molecule has 3 nitrogen and oxygen atoms in total. The minimum atomic E-state index is 0.478. The monoisotopic (exact) mass is 391 g/mol. The van der Waals surface area contributed by atoms with Crippen molar-refractivity contribution in [2.45, 2.75) is 0 Å². The molecule has 92 valence electrons. The van der Waals surface area contributed by atoms with Crippen LogP contribution in [0.1, 0.15) is 0 Å². The van der Waals surface area contributed by atoms with E-state index in [1.54, 1.807) is 18.2 Å². The molecule has 0 aliphatic rings. The van der Waals surface area contributed by atoms with Gasteiger partial charge in [-0.15, -0.1) is 5.11 Å². The summed E-state index contributed by atoms with van der Waals surface area (Å²) in [6.07, 6.45) is 0. The standard InChI is InChI=1S/C12H8Cl2IN3/c13-11-6-5-10(7-12(11)14)17-18-16-9-3-1-8(15)2-4-9/h1-7H,(H,16,17). The maximum absolute atomic E-state index is 5.88. The van der Waals surface area contributed by atoms with Crippen LogP contribution >= 0.6 is 45.8 Å². The molecule has 2 aromatic carbocycles. The molecule has 6 heteroatoms. The second-order valence-corrected chi connectivity index (χ2v) is 5.48. The molecule has 0 spiro atoms. The van der Waals surface area contributed by atoms with E-state index in [-0.39, 0.29) is 0 Å². The van der Waals surface area contributed by atoms with Gasteiger partial charge in [-0.1, -0.05) is 28.4 Å². The molecular weight excluding hydrogens is 384 g/mol. The average molecular weight is 392 g/mol. The van der Waals surface area contributed by atoms with Gasteiger partial charge in [0.05, 0.1) is 21.4 Å². The minimum absolute atomic E-state index is 0.478. The molecule has 0 aliphatic heterocycles. The predicted molar refractivity (Wildman–Crippen MR) is 83.8 cm³/mol. The van der Waals surface area contributed by atoms with Crippen LogP contribution in [0.4, 0.5) is 11.4 Å². The van der Waals surface area contributed by atoms with Crippen molar-refractivity contribution in [3.05, 3.63) is 56.1 Å². The van der Waals surface area contributed by atoms with Crippen LogP contribution in [0.3, 0.4) is 0 Å². The Bertz CT molecular complexity index is 570. The quantitative estimate of drug-likeness (QED) is 0.406. The third-order valence-electron chi connectivity index (χ3n) is 2.09. The zero-order valence-electron chi connectivity index (χ0n) is 9.07. The molecule has 0 aromatic heterocycles. The Morgan fingerprint density at radius 2 is 1.67 bits per heavy atom. The number of rotatable bonds is 3. The highest BCUT2D eigenvalue weighted by atomic mass is 127. The summed E-state index contributed by atoms with van der Waals surface area (Å²) < 4.78 is 1.16. The van der Waals surface area contributed by atoms with Gasteiger partial charge in [0.25, 0.3) is 0 Å². The Hall–Kier alpha value is -0.850. The molecule has 0 saturated carbocycles. The van der Waals surface area contributed by atoms with Crippen LogP contribution in [-0.4, -0.2) is 0 Å². The van der Waals surface area contributed by atoms with E-state index < -0.39 is 0 Å². The normalized spacial score (nSPS) is 10.8. The van der Waals surface area contributed by atoms with Crippen LogP contribution in [0.5, 0.6) is 0 Å². The van der Waals surface area contributed by atoms with E-state index in [4.69, 9.17) is 23.2 Å². The Morgan fingerprint density at radius 3 is 2.33 bits per heavy atom. The summed E-state index contributed by atoms with van der Waals surface area (Å²) in [6, 6.07) is 12.9. The summed E-state index contributed by atoms with van der Waals surface area (Å²) in [7, 11) is 0. The maximum atomic E-state index is 5.88. The van der Waals surface area contributed by atoms with Gasteiger partial charge in [0.2, 0.25) is 0 Å². The Balaban J connectivity index is 2.02.